The van der Waals surface area contributed by atoms with Crippen LogP contribution in [0.3, 0.4) is 0 Å². The van der Waals surface area contributed by atoms with Gasteiger partial charge in [0.1, 0.15) is 0 Å². The third kappa shape index (κ3) is 4.21. The number of hydrogen-bond acceptors (Lipinski definition) is 2. The Morgan fingerprint density at radius 2 is 1.65 bits per heavy atom. The first-order valence-electron chi connectivity index (χ1n) is 8.62. The Kier molecular flexibility index (Phi) is 5.14. The van der Waals surface area contributed by atoms with E-state index in [1.807, 2.05) is 0 Å². The lowest BCUT2D eigenvalue weighted by molar-refractivity contribution is 0.0413. The maximum Gasteiger partial charge on any atom is 0.0491 e. The molecular formula is C21H27NO. The third-order valence-electron chi connectivity index (χ3n) is 5.16. The highest BCUT2D eigenvalue weighted by Gasteiger charge is 2.34. The van der Waals surface area contributed by atoms with Gasteiger partial charge in [-0.05, 0) is 55.8 Å². The van der Waals surface area contributed by atoms with Crippen molar-refractivity contribution in [2.75, 3.05) is 19.7 Å². The summed E-state index contributed by atoms with van der Waals surface area (Å²) in [7, 11) is 0. The van der Waals surface area contributed by atoms with Crippen LogP contribution in [0, 0.1) is 12.3 Å². The van der Waals surface area contributed by atoms with E-state index in [0.717, 1.165) is 38.9 Å². The van der Waals surface area contributed by atoms with Crippen molar-refractivity contribution < 1.29 is 5.11 Å². The van der Waals surface area contributed by atoms with Crippen molar-refractivity contribution in [2.45, 2.75) is 32.7 Å². The number of nitrogens with zero attached hydrogens (tertiary/aromatic N) is 1. The molecule has 1 aliphatic heterocycles. The first-order valence-corrected chi connectivity index (χ1v) is 8.62. The van der Waals surface area contributed by atoms with Gasteiger partial charge in [0.2, 0.25) is 0 Å². The van der Waals surface area contributed by atoms with Gasteiger partial charge >= 0.3 is 0 Å². The second kappa shape index (κ2) is 7.29. The second-order valence-electron chi connectivity index (χ2n) is 7.09. The summed E-state index contributed by atoms with van der Waals surface area (Å²) in [6, 6.07) is 19.4. The molecule has 0 bridgehead atoms. The van der Waals surface area contributed by atoms with E-state index in [0.29, 0.717) is 6.61 Å². The molecule has 0 radical (unpaired) electrons. The molecule has 1 heterocycles. The first kappa shape index (κ1) is 16.2. The summed E-state index contributed by atoms with van der Waals surface area (Å²) in [5.41, 5.74) is 4.12. The highest BCUT2D eigenvalue weighted by molar-refractivity contribution is 5.22. The van der Waals surface area contributed by atoms with Gasteiger partial charge in [-0.3, -0.25) is 4.90 Å². The van der Waals surface area contributed by atoms with E-state index in [2.05, 4.69) is 66.4 Å². The lowest BCUT2D eigenvalue weighted by atomic mass is 9.74. The van der Waals surface area contributed by atoms with E-state index in [4.69, 9.17) is 0 Å². The number of benzene rings is 2. The van der Waals surface area contributed by atoms with Crippen molar-refractivity contribution in [1.29, 1.82) is 0 Å². The Bertz CT molecular complexity index is 615. The van der Waals surface area contributed by atoms with Gasteiger partial charge in [0.05, 0.1) is 0 Å². The van der Waals surface area contributed by atoms with Crippen molar-refractivity contribution in [3.05, 3.63) is 71.3 Å². The molecule has 2 aromatic rings. The van der Waals surface area contributed by atoms with Gasteiger partial charge in [-0.1, -0.05) is 60.2 Å². The number of rotatable bonds is 5. The van der Waals surface area contributed by atoms with E-state index in [-0.39, 0.29) is 5.41 Å². The van der Waals surface area contributed by atoms with Gasteiger partial charge in [-0.15, -0.1) is 0 Å². The molecule has 0 atom stereocenters. The minimum Gasteiger partial charge on any atom is -0.396 e. The Morgan fingerprint density at radius 3 is 2.30 bits per heavy atom. The van der Waals surface area contributed by atoms with E-state index < -0.39 is 0 Å². The second-order valence-corrected chi connectivity index (χ2v) is 7.09. The molecule has 0 unspecified atom stereocenters. The molecule has 0 amide bonds. The number of aryl methyl sites for hydroxylation is 1. The van der Waals surface area contributed by atoms with Gasteiger partial charge in [-0.25, -0.2) is 0 Å². The number of aliphatic hydroxyl groups excluding tert-OH is 1. The van der Waals surface area contributed by atoms with Gasteiger partial charge in [0.25, 0.3) is 0 Å². The zero-order valence-corrected chi connectivity index (χ0v) is 14.0. The molecule has 0 spiro atoms. The van der Waals surface area contributed by atoms with Gasteiger partial charge in [0.15, 0.2) is 0 Å². The predicted octanol–water partition coefficient (Wildman–Crippen LogP) is 3.81. The summed E-state index contributed by atoms with van der Waals surface area (Å²) in [5, 5.41) is 10.00. The largest absolute Gasteiger partial charge is 0.396 e. The Labute approximate surface area is 139 Å². The topological polar surface area (TPSA) is 23.5 Å². The molecule has 0 aliphatic carbocycles. The highest BCUT2D eigenvalue weighted by atomic mass is 16.3. The molecule has 23 heavy (non-hydrogen) atoms. The normalized spacial score (nSPS) is 18.0. The van der Waals surface area contributed by atoms with E-state index >= 15 is 0 Å². The minimum atomic E-state index is 0.0600. The fourth-order valence-corrected chi connectivity index (χ4v) is 3.67. The van der Waals surface area contributed by atoms with Crippen molar-refractivity contribution in [2.24, 2.45) is 5.41 Å². The van der Waals surface area contributed by atoms with Crippen LogP contribution in [0.2, 0.25) is 0 Å². The minimum absolute atomic E-state index is 0.0600. The molecule has 0 aromatic heterocycles. The van der Waals surface area contributed by atoms with E-state index in [9.17, 15) is 5.11 Å². The van der Waals surface area contributed by atoms with Crippen LogP contribution < -0.4 is 0 Å². The molecule has 0 saturated carbocycles. The van der Waals surface area contributed by atoms with Gasteiger partial charge < -0.3 is 5.11 Å². The number of hydrogen-bond donors (Lipinski definition) is 1. The molecule has 2 nitrogen and oxygen atoms in total. The van der Waals surface area contributed by atoms with Crippen molar-refractivity contribution in [3.63, 3.8) is 0 Å². The summed E-state index contributed by atoms with van der Waals surface area (Å²) in [6.45, 7) is 5.60. The number of aliphatic hydroxyl groups is 1. The number of piperidine rings is 1. The summed E-state index contributed by atoms with van der Waals surface area (Å²) >= 11 is 0. The summed E-state index contributed by atoms with van der Waals surface area (Å²) in [6.07, 6.45) is 3.14. The van der Waals surface area contributed by atoms with Crippen LogP contribution in [0.4, 0.5) is 0 Å². The van der Waals surface area contributed by atoms with Crippen molar-refractivity contribution >= 4 is 0 Å². The lowest BCUT2D eigenvalue weighted by Gasteiger charge is -2.41. The van der Waals surface area contributed by atoms with Crippen molar-refractivity contribution in [3.8, 4) is 0 Å². The highest BCUT2D eigenvalue weighted by Crippen LogP contribution is 2.35. The zero-order valence-electron chi connectivity index (χ0n) is 14.0. The average Bonchev–Trinajstić information content (AvgIpc) is 2.58. The lowest BCUT2D eigenvalue weighted by Crippen LogP contribution is -2.42. The molecule has 2 aromatic carbocycles. The smallest absolute Gasteiger partial charge is 0.0491 e. The first-order chi connectivity index (χ1) is 11.2. The molecule has 1 N–H and O–H groups in total. The van der Waals surface area contributed by atoms with Crippen LogP contribution in [0.1, 0.15) is 29.5 Å². The number of likely N-dealkylation sites (tertiary alicyclic amines) is 1. The monoisotopic (exact) mass is 309 g/mol. The molecule has 1 aliphatic rings. The van der Waals surface area contributed by atoms with Gasteiger partial charge in [0, 0.05) is 13.2 Å². The molecule has 122 valence electrons. The quantitative estimate of drug-likeness (QED) is 0.908. The average molecular weight is 309 g/mol. The maximum absolute atomic E-state index is 10.00. The molecule has 3 rings (SSSR count). The Balaban J connectivity index is 1.59. The molecule has 2 heteroatoms. The predicted molar refractivity (Wildman–Crippen MR) is 95.4 cm³/mol. The molecule has 1 fully saturated rings. The van der Waals surface area contributed by atoms with Crippen LogP contribution in [0.25, 0.3) is 0 Å². The zero-order chi connectivity index (χ0) is 16.1. The third-order valence-corrected chi connectivity index (χ3v) is 5.16. The standard InChI is InChI=1S/C21H27NO/c1-18-6-5-9-20(14-18)16-22-12-10-21(17-23,11-13-22)15-19-7-3-2-4-8-19/h2-9,14,23H,10-13,15-17H2,1H3. The fraction of sp³-hybridized carbons (Fsp3) is 0.429. The SMILES string of the molecule is Cc1cccc(CN2CCC(CO)(Cc3ccccc3)CC2)c1. The molecular weight excluding hydrogens is 282 g/mol. The van der Waals surface area contributed by atoms with Crippen LogP contribution in [0.5, 0.6) is 0 Å². The summed E-state index contributed by atoms with van der Waals surface area (Å²) in [4.78, 5) is 2.52. The maximum atomic E-state index is 10.00. The molecule has 1 saturated heterocycles. The summed E-state index contributed by atoms with van der Waals surface area (Å²) in [5.74, 6) is 0. The van der Waals surface area contributed by atoms with Crippen LogP contribution in [-0.4, -0.2) is 29.7 Å². The summed E-state index contributed by atoms with van der Waals surface area (Å²) < 4.78 is 0. The Hall–Kier alpha value is -1.64. The Morgan fingerprint density at radius 1 is 0.957 bits per heavy atom. The van der Waals surface area contributed by atoms with Crippen LogP contribution in [0.15, 0.2) is 54.6 Å². The van der Waals surface area contributed by atoms with E-state index in [1.165, 1.54) is 16.7 Å². The van der Waals surface area contributed by atoms with E-state index in [1.54, 1.807) is 0 Å². The van der Waals surface area contributed by atoms with Crippen LogP contribution in [-0.2, 0) is 13.0 Å². The van der Waals surface area contributed by atoms with Crippen LogP contribution >= 0.6 is 0 Å². The van der Waals surface area contributed by atoms with Crippen molar-refractivity contribution in [1.82, 2.24) is 4.90 Å². The fourth-order valence-electron chi connectivity index (χ4n) is 3.67. The van der Waals surface area contributed by atoms with Gasteiger partial charge in [-0.2, -0.15) is 0 Å².